The molecule has 1 aliphatic carbocycles. The van der Waals surface area contributed by atoms with Gasteiger partial charge in [0.1, 0.15) is 0 Å². The van der Waals surface area contributed by atoms with Crippen molar-refractivity contribution < 1.29 is 18.0 Å². The van der Waals surface area contributed by atoms with Gasteiger partial charge in [0, 0.05) is 25.1 Å². The van der Waals surface area contributed by atoms with Crippen LogP contribution in [0.4, 0.5) is 24.5 Å². The van der Waals surface area contributed by atoms with E-state index in [4.69, 9.17) is 0 Å². The molecule has 2 aromatic rings. The lowest BCUT2D eigenvalue weighted by molar-refractivity contribution is -0.169. The van der Waals surface area contributed by atoms with Crippen molar-refractivity contribution in [2.45, 2.75) is 56.4 Å². The SMILES string of the molecule is CN(C(=O)c1ccc(CC2(C(F)(F)F)Nc3ccccc3N2)cc1)C1CCCCC1. The van der Waals surface area contributed by atoms with Crippen molar-refractivity contribution in [2.24, 2.45) is 0 Å². The molecule has 1 amide bonds. The van der Waals surface area contributed by atoms with Gasteiger partial charge in [0.25, 0.3) is 5.91 Å². The molecule has 1 aliphatic heterocycles. The molecule has 30 heavy (non-hydrogen) atoms. The number of benzene rings is 2. The van der Waals surface area contributed by atoms with Gasteiger partial charge in [0.2, 0.25) is 5.66 Å². The molecule has 4 nitrogen and oxygen atoms in total. The van der Waals surface area contributed by atoms with Crippen LogP contribution in [-0.4, -0.2) is 35.7 Å². The number of rotatable bonds is 4. The van der Waals surface area contributed by atoms with Crippen molar-refractivity contribution in [3.8, 4) is 0 Å². The number of hydrogen-bond donors (Lipinski definition) is 2. The molecule has 1 saturated carbocycles. The number of carbonyl (C=O) groups excluding carboxylic acids is 1. The maximum absolute atomic E-state index is 14.0. The third-order valence-corrected chi connectivity index (χ3v) is 6.22. The Morgan fingerprint density at radius 3 is 2.10 bits per heavy atom. The first-order chi connectivity index (χ1) is 14.3. The molecule has 2 aliphatic rings. The number of anilines is 2. The molecule has 2 aromatic carbocycles. The van der Waals surface area contributed by atoms with Crippen molar-refractivity contribution in [2.75, 3.05) is 17.7 Å². The fraction of sp³-hybridized carbons (Fsp3) is 0.435. The highest BCUT2D eigenvalue weighted by atomic mass is 19.4. The summed E-state index contributed by atoms with van der Waals surface area (Å²) in [5.74, 6) is -0.0801. The second-order valence-corrected chi connectivity index (χ2v) is 8.28. The molecular weight excluding hydrogens is 391 g/mol. The van der Waals surface area contributed by atoms with Crippen molar-refractivity contribution in [1.82, 2.24) is 4.90 Å². The zero-order valence-corrected chi connectivity index (χ0v) is 16.9. The van der Waals surface area contributed by atoms with Gasteiger partial charge in [-0.25, -0.2) is 0 Å². The number of fused-ring (bicyclic) bond motifs is 1. The van der Waals surface area contributed by atoms with E-state index in [2.05, 4.69) is 10.6 Å². The number of halogens is 3. The molecule has 0 spiro atoms. The van der Waals surface area contributed by atoms with Crippen molar-refractivity contribution in [3.05, 3.63) is 59.7 Å². The Morgan fingerprint density at radius 2 is 1.57 bits per heavy atom. The fourth-order valence-corrected chi connectivity index (χ4v) is 4.43. The molecule has 0 unspecified atom stereocenters. The second-order valence-electron chi connectivity index (χ2n) is 8.28. The molecule has 0 saturated heterocycles. The van der Waals surface area contributed by atoms with E-state index in [9.17, 15) is 18.0 Å². The predicted molar refractivity (Wildman–Crippen MR) is 112 cm³/mol. The van der Waals surface area contributed by atoms with E-state index >= 15 is 0 Å². The van der Waals surface area contributed by atoms with E-state index < -0.39 is 11.8 Å². The lowest BCUT2D eigenvalue weighted by Gasteiger charge is -2.33. The molecule has 0 atom stereocenters. The molecule has 1 fully saturated rings. The van der Waals surface area contributed by atoms with Crippen molar-refractivity contribution in [3.63, 3.8) is 0 Å². The number of alkyl halides is 3. The molecule has 1 heterocycles. The lowest BCUT2D eigenvalue weighted by Crippen LogP contribution is -2.56. The molecule has 7 heteroatoms. The summed E-state index contributed by atoms with van der Waals surface area (Å²) in [5, 5.41) is 5.25. The molecule has 0 bridgehead atoms. The Bertz CT molecular complexity index is 880. The Hall–Kier alpha value is -2.70. The van der Waals surface area contributed by atoms with E-state index in [1.54, 1.807) is 53.4 Å². The first-order valence-electron chi connectivity index (χ1n) is 10.4. The second kappa shape index (κ2) is 7.85. The van der Waals surface area contributed by atoms with Gasteiger partial charge >= 0.3 is 6.18 Å². The first-order valence-corrected chi connectivity index (χ1v) is 10.4. The molecule has 160 valence electrons. The average molecular weight is 417 g/mol. The average Bonchev–Trinajstić information content (AvgIpc) is 3.13. The number of amides is 1. The fourth-order valence-electron chi connectivity index (χ4n) is 4.43. The normalized spacial score (nSPS) is 18.3. The van der Waals surface area contributed by atoms with Crippen LogP contribution in [-0.2, 0) is 6.42 Å². The minimum atomic E-state index is -4.51. The van der Waals surface area contributed by atoms with Gasteiger partial charge in [-0.2, -0.15) is 13.2 Å². The summed E-state index contributed by atoms with van der Waals surface area (Å²) < 4.78 is 42.0. The summed E-state index contributed by atoms with van der Waals surface area (Å²) in [5.41, 5.74) is -0.423. The summed E-state index contributed by atoms with van der Waals surface area (Å²) in [6.07, 6.45) is 0.672. The number of nitrogens with zero attached hydrogens (tertiary/aromatic N) is 1. The highest BCUT2D eigenvalue weighted by Gasteiger charge is 2.58. The van der Waals surface area contributed by atoms with E-state index in [0.29, 0.717) is 22.5 Å². The third-order valence-electron chi connectivity index (χ3n) is 6.22. The summed E-state index contributed by atoms with van der Waals surface area (Å²) in [7, 11) is 1.81. The molecule has 4 rings (SSSR count). The lowest BCUT2D eigenvalue weighted by atomic mass is 9.94. The predicted octanol–water partition coefficient (Wildman–Crippen LogP) is 5.43. The van der Waals surface area contributed by atoms with Gasteiger partial charge < -0.3 is 15.5 Å². The highest BCUT2D eigenvalue weighted by Crippen LogP contribution is 2.44. The zero-order chi connectivity index (χ0) is 21.4. The molecule has 0 aromatic heterocycles. The van der Waals surface area contributed by atoms with Gasteiger partial charge in [0.05, 0.1) is 11.4 Å². The van der Waals surface area contributed by atoms with E-state index in [1.807, 2.05) is 7.05 Å². The Labute approximate surface area is 174 Å². The number of hydrogen-bond acceptors (Lipinski definition) is 3. The largest absolute Gasteiger partial charge is 0.430 e. The highest BCUT2D eigenvalue weighted by molar-refractivity contribution is 5.94. The summed E-state index contributed by atoms with van der Waals surface area (Å²) >= 11 is 0. The smallest absolute Gasteiger partial charge is 0.353 e. The van der Waals surface area contributed by atoms with Crippen molar-refractivity contribution in [1.29, 1.82) is 0 Å². The van der Waals surface area contributed by atoms with Gasteiger partial charge in [-0.3, -0.25) is 4.79 Å². The summed E-state index contributed by atoms with van der Waals surface area (Å²) in [6.45, 7) is 0. The Kier molecular flexibility index (Phi) is 5.38. The summed E-state index contributed by atoms with van der Waals surface area (Å²) in [6, 6.07) is 13.4. The van der Waals surface area contributed by atoms with Gasteiger partial charge in [0.15, 0.2) is 0 Å². The number of para-hydroxylation sites is 2. The molecular formula is C23H26F3N3O. The minimum Gasteiger partial charge on any atom is -0.353 e. The maximum Gasteiger partial charge on any atom is 0.430 e. The zero-order valence-electron chi connectivity index (χ0n) is 16.9. The van der Waals surface area contributed by atoms with Crippen LogP contribution in [0.25, 0.3) is 0 Å². The third kappa shape index (κ3) is 3.85. The Balaban J connectivity index is 1.50. The molecule has 0 radical (unpaired) electrons. The van der Waals surface area contributed by atoms with Crippen LogP contribution in [0.1, 0.15) is 48.0 Å². The van der Waals surface area contributed by atoms with Crippen LogP contribution < -0.4 is 10.6 Å². The minimum absolute atomic E-state index is 0.0801. The maximum atomic E-state index is 14.0. The quantitative estimate of drug-likeness (QED) is 0.697. The van der Waals surface area contributed by atoms with Crippen LogP contribution >= 0.6 is 0 Å². The monoisotopic (exact) mass is 417 g/mol. The standard InChI is InChI=1S/C23H26F3N3O/c1-29(18-7-3-2-4-8-18)21(30)17-13-11-16(12-14-17)15-22(23(24,25)26)27-19-9-5-6-10-20(19)28-22/h5-6,9-14,18,27-28H,2-4,7-8,15H2,1H3. The van der Waals surface area contributed by atoms with Crippen LogP contribution in [0.15, 0.2) is 48.5 Å². The van der Waals surface area contributed by atoms with Crippen molar-refractivity contribution >= 4 is 17.3 Å². The van der Waals surface area contributed by atoms with E-state index in [1.165, 1.54) is 6.42 Å². The first kappa shape index (κ1) is 20.6. The van der Waals surface area contributed by atoms with Crippen LogP contribution in [0.3, 0.4) is 0 Å². The van der Waals surface area contributed by atoms with Gasteiger partial charge in [-0.1, -0.05) is 43.5 Å². The van der Waals surface area contributed by atoms with E-state index in [-0.39, 0.29) is 18.4 Å². The number of carbonyl (C=O) groups is 1. The van der Waals surface area contributed by atoms with Gasteiger partial charge in [-0.05, 0) is 42.7 Å². The summed E-state index contributed by atoms with van der Waals surface area (Å²) in [4.78, 5) is 14.6. The van der Waals surface area contributed by atoms with Gasteiger partial charge in [-0.15, -0.1) is 0 Å². The topological polar surface area (TPSA) is 44.4 Å². The van der Waals surface area contributed by atoms with Crippen LogP contribution in [0.2, 0.25) is 0 Å². The number of nitrogens with one attached hydrogen (secondary N) is 2. The van der Waals surface area contributed by atoms with Crippen LogP contribution in [0.5, 0.6) is 0 Å². The Morgan fingerprint density at radius 1 is 1.00 bits per heavy atom. The molecule has 2 N–H and O–H groups in total. The van der Waals surface area contributed by atoms with Crippen LogP contribution in [0, 0.1) is 0 Å². The van der Waals surface area contributed by atoms with E-state index in [0.717, 1.165) is 25.7 Å².